The molecule has 25 heavy (non-hydrogen) atoms. The van der Waals surface area contributed by atoms with E-state index in [1.54, 1.807) is 36.7 Å². The maximum Gasteiger partial charge on any atom is 0.261 e. The van der Waals surface area contributed by atoms with Crippen LogP contribution in [0.4, 0.5) is 5.95 Å². The van der Waals surface area contributed by atoms with Crippen molar-refractivity contribution in [2.75, 3.05) is 5.32 Å². The van der Waals surface area contributed by atoms with Gasteiger partial charge < -0.3 is 5.32 Å². The van der Waals surface area contributed by atoms with Crippen molar-refractivity contribution in [2.45, 2.75) is 29.8 Å². The number of aromatic nitrogens is 2. The molecular formula is C18H16N4O2S. The highest BCUT2D eigenvalue weighted by Gasteiger charge is 2.59. The summed E-state index contributed by atoms with van der Waals surface area (Å²) in [7, 11) is 0. The molecule has 1 N–H and O–H groups in total. The van der Waals surface area contributed by atoms with Gasteiger partial charge in [-0.1, -0.05) is 12.1 Å². The Bertz CT molecular complexity index is 850. The lowest BCUT2D eigenvalue weighted by Crippen LogP contribution is -2.41. The largest absolute Gasteiger partial charge is 0.351 e. The average molecular weight is 352 g/mol. The van der Waals surface area contributed by atoms with Gasteiger partial charge in [-0.2, -0.15) is 0 Å². The lowest BCUT2D eigenvalue weighted by Gasteiger charge is -2.25. The molecule has 0 bridgehead atoms. The SMILES string of the molecule is O=C1c2ccccc2C(=O)N1[C@@H]1C[C@@H](Nc2ncc(S)cn2)[C@@H]2C[C@@H]21. The van der Waals surface area contributed by atoms with Gasteiger partial charge in [-0.25, -0.2) is 9.97 Å². The number of hydrogen-bond acceptors (Lipinski definition) is 6. The van der Waals surface area contributed by atoms with Crippen molar-refractivity contribution in [3.05, 3.63) is 47.8 Å². The summed E-state index contributed by atoms with van der Waals surface area (Å²) in [5, 5.41) is 3.36. The van der Waals surface area contributed by atoms with Crippen LogP contribution in [0, 0.1) is 11.8 Å². The van der Waals surface area contributed by atoms with Gasteiger partial charge in [0.2, 0.25) is 5.95 Å². The molecule has 7 heteroatoms. The van der Waals surface area contributed by atoms with E-state index < -0.39 is 0 Å². The molecule has 0 spiro atoms. The second kappa shape index (κ2) is 5.29. The minimum atomic E-state index is -0.160. The van der Waals surface area contributed by atoms with Gasteiger partial charge in [-0.05, 0) is 36.8 Å². The number of amides is 2. The van der Waals surface area contributed by atoms with Crippen LogP contribution in [0.2, 0.25) is 0 Å². The van der Waals surface area contributed by atoms with Crippen molar-refractivity contribution in [3.8, 4) is 0 Å². The Hall–Kier alpha value is -2.41. The standard InChI is InChI=1S/C18H16N4O2S/c23-16-10-3-1-2-4-11(10)17(24)22(16)15-6-14(12-5-13(12)15)21-18-19-7-9(25)8-20-18/h1-4,7-8,12-15,25H,5-6H2,(H,19,20,21)/t12-,13+,14-,15-/m1/s1. The molecule has 4 atom stereocenters. The third-order valence-corrected chi connectivity index (χ3v) is 5.74. The highest BCUT2D eigenvalue weighted by Crippen LogP contribution is 2.55. The van der Waals surface area contributed by atoms with Gasteiger partial charge in [0, 0.05) is 29.4 Å². The quantitative estimate of drug-likeness (QED) is 0.655. The van der Waals surface area contributed by atoms with E-state index >= 15 is 0 Å². The number of carbonyl (C=O) groups is 2. The molecule has 1 aromatic carbocycles. The summed E-state index contributed by atoms with van der Waals surface area (Å²) < 4.78 is 0. The van der Waals surface area contributed by atoms with Crippen LogP contribution in [0.25, 0.3) is 0 Å². The van der Waals surface area contributed by atoms with Gasteiger partial charge in [0.05, 0.1) is 11.1 Å². The van der Waals surface area contributed by atoms with Crippen molar-refractivity contribution >= 4 is 30.4 Å². The number of nitrogens with one attached hydrogen (secondary N) is 1. The van der Waals surface area contributed by atoms with Crippen molar-refractivity contribution in [1.29, 1.82) is 0 Å². The van der Waals surface area contributed by atoms with E-state index in [-0.39, 0.29) is 23.9 Å². The minimum Gasteiger partial charge on any atom is -0.351 e. The Balaban J connectivity index is 1.36. The molecule has 2 amide bonds. The zero-order valence-electron chi connectivity index (χ0n) is 13.3. The number of benzene rings is 1. The zero-order chi connectivity index (χ0) is 17.1. The molecular weight excluding hydrogens is 336 g/mol. The molecule has 2 aromatic rings. The summed E-state index contributed by atoms with van der Waals surface area (Å²) >= 11 is 4.19. The minimum absolute atomic E-state index is 0.0425. The summed E-state index contributed by atoms with van der Waals surface area (Å²) in [6.45, 7) is 0. The van der Waals surface area contributed by atoms with Gasteiger partial charge in [-0.15, -0.1) is 12.6 Å². The molecule has 5 rings (SSSR count). The second-order valence-electron chi connectivity index (χ2n) is 6.91. The molecule has 1 aliphatic heterocycles. The summed E-state index contributed by atoms with van der Waals surface area (Å²) in [6.07, 6.45) is 5.08. The number of carbonyl (C=O) groups excluding carboxylic acids is 2. The topological polar surface area (TPSA) is 75.2 Å². The predicted molar refractivity (Wildman–Crippen MR) is 93.6 cm³/mol. The van der Waals surface area contributed by atoms with Gasteiger partial charge >= 0.3 is 0 Å². The number of fused-ring (bicyclic) bond motifs is 2. The van der Waals surface area contributed by atoms with Crippen molar-refractivity contribution in [2.24, 2.45) is 11.8 Å². The summed E-state index contributed by atoms with van der Waals surface area (Å²) in [5.74, 6) is 1.09. The monoisotopic (exact) mass is 352 g/mol. The number of imide groups is 1. The molecule has 3 aliphatic rings. The van der Waals surface area contributed by atoms with Crippen LogP contribution in [-0.2, 0) is 0 Å². The van der Waals surface area contributed by atoms with Crippen LogP contribution in [-0.4, -0.2) is 38.8 Å². The highest BCUT2D eigenvalue weighted by molar-refractivity contribution is 7.80. The summed E-state index contributed by atoms with van der Waals surface area (Å²) in [5.41, 5.74) is 1.04. The first kappa shape index (κ1) is 14.9. The fourth-order valence-corrected chi connectivity index (χ4v) is 4.40. The number of thiol groups is 1. The van der Waals surface area contributed by atoms with Crippen molar-refractivity contribution < 1.29 is 9.59 Å². The fraction of sp³-hybridized carbons (Fsp3) is 0.333. The predicted octanol–water partition coefficient (Wildman–Crippen LogP) is 2.25. The maximum atomic E-state index is 12.7. The normalized spacial score (nSPS) is 29.6. The van der Waals surface area contributed by atoms with Crippen molar-refractivity contribution in [3.63, 3.8) is 0 Å². The molecule has 2 heterocycles. The summed E-state index contributed by atoms with van der Waals surface area (Å²) in [4.78, 5) is 36.1. The lowest BCUT2D eigenvalue weighted by molar-refractivity contribution is 0.0569. The van der Waals surface area contributed by atoms with E-state index in [1.807, 2.05) is 0 Å². The molecule has 6 nitrogen and oxygen atoms in total. The Morgan fingerprint density at radius 3 is 2.28 bits per heavy atom. The first-order valence-corrected chi connectivity index (χ1v) is 8.82. The molecule has 0 radical (unpaired) electrons. The zero-order valence-corrected chi connectivity index (χ0v) is 14.2. The van der Waals surface area contributed by atoms with E-state index in [9.17, 15) is 9.59 Å². The molecule has 2 aliphatic carbocycles. The smallest absolute Gasteiger partial charge is 0.261 e. The van der Waals surface area contributed by atoms with E-state index in [1.165, 1.54) is 4.90 Å². The number of hydrogen-bond donors (Lipinski definition) is 2. The van der Waals surface area contributed by atoms with Crippen LogP contribution in [0.15, 0.2) is 41.6 Å². The average Bonchev–Trinajstić information content (AvgIpc) is 3.29. The van der Waals surface area contributed by atoms with Crippen LogP contribution in [0.1, 0.15) is 33.6 Å². The first-order chi connectivity index (χ1) is 12.1. The number of rotatable bonds is 3. The van der Waals surface area contributed by atoms with Crippen LogP contribution < -0.4 is 5.32 Å². The van der Waals surface area contributed by atoms with E-state index in [4.69, 9.17) is 0 Å². The Labute approximate surface area is 150 Å². The molecule has 0 saturated heterocycles. The van der Waals surface area contributed by atoms with Gasteiger partial charge in [-0.3, -0.25) is 14.5 Å². The molecule has 0 unspecified atom stereocenters. The van der Waals surface area contributed by atoms with Gasteiger partial charge in [0.1, 0.15) is 0 Å². The Kier molecular flexibility index (Phi) is 3.15. The molecule has 1 aromatic heterocycles. The second-order valence-corrected chi connectivity index (χ2v) is 7.42. The van der Waals surface area contributed by atoms with Crippen LogP contribution >= 0.6 is 12.6 Å². The third kappa shape index (κ3) is 2.26. The van der Waals surface area contributed by atoms with Gasteiger partial charge in [0.15, 0.2) is 0 Å². The fourth-order valence-electron chi connectivity index (χ4n) is 4.28. The molecule has 2 fully saturated rings. The van der Waals surface area contributed by atoms with Crippen molar-refractivity contribution in [1.82, 2.24) is 14.9 Å². The first-order valence-electron chi connectivity index (χ1n) is 8.38. The molecule has 126 valence electrons. The Morgan fingerprint density at radius 2 is 1.64 bits per heavy atom. The van der Waals surface area contributed by atoms with Crippen LogP contribution in [0.5, 0.6) is 0 Å². The van der Waals surface area contributed by atoms with E-state index in [2.05, 4.69) is 27.9 Å². The van der Waals surface area contributed by atoms with Crippen LogP contribution in [0.3, 0.4) is 0 Å². The Morgan fingerprint density at radius 1 is 1.00 bits per heavy atom. The highest BCUT2D eigenvalue weighted by atomic mass is 32.1. The lowest BCUT2D eigenvalue weighted by atomic mass is 10.1. The number of nitrogens with zero attached hydrogens (tertiary/aromatic N) is 3. The van der Waals surface area contributed by atoms with E-state index in [0.717, 1.165) is 12.8 Å². The maximum absolute atomic E-state index is 12.7. The molecule has 2 saturated carbocycles. The summed E-state index contributed by atoms with van der Waals surface area (Å²) in [6, 6.07) is 7.21. The van der Waals surface area contributed by atoms with Gasteiger partial charge in [0.25, 0.3) is 11.8 Å². The third-order valence-electron chi connectivity index (χ3n) is 5.51. The van der Waals surface area contributed by atoms with E-state index in [0.29, 0.717) is 33.8 Å². The number of anilines is 1.